The maximum atomic E-state index is 11.7. The van der Waals surface area contributed by atoms with Crippen LogP contribution in [0.25, 0.3) is 0 Å². The predicted molar refractivity (Wildman–Crippen MR) is 153 cm³/mol. The average Bonchev–Trinajstić information content (AvgIpc) is 3.41. The smallest absolute Gasteiger partial charge is 0.303 e. The van der Waals surface area contributed by atoms with Gasteiger partial charge in [0.05, 0.1) is 12.7 Å². The third kappa shape index (κ3) is 5.40. The van der Waals surface area contributed by atoms with Crippen LogP contribution in [-0.2, 0) is 28.2 Å². The molecule has 39 heavy (non-hydrogen) atoms. The van der Waals surface area contributed by atoms with Gasteiger partial charge in [-0.15, -0.1) is 0 Å². The Labute approximate surface area is 233 Å². The lowest BCUT2D eigenvalue weighted by atomic mass is 9.96. The monoisotopic (exact) mass is 550 g/mol. The van der Waals surface area contributed by atoms with Gasteiger partial charge in [-0.3, -0.25) is 4.79 Å². The van der Waals surface area contributed by atoms with E-state index in [2.05, 4.69) is 88.4 Å². The van der Waals surface area contributed by atoms with Crippen molar-refractivity contribution < 1.29 is 28.2 Å². The van der Waals surface area contributed by atoms with Crippen molar-refractivity contribution >= 4 is 24.7 Å². The van der Waals surface area contributed by atoms with Crippen molar-refractivity contribution in [3.8, 4) is 0 Å². The second-order valence-corrected chi connectivity index (χ2v) is 16.5. The Hall–Kier alpha value is -2.29. The molecule has 0 radical (unpaired) electrons. The lowest BCUT2D eigenvalue weighted by Gasteiger charge is -2.43. The second kappa shape index (κ2) is 10.9. The largest absolute Gasteiger partial charge is 0.453 e. The van der Waals surface area contributed by atoms with Crippen LogP contribution in [0.5, 0.6) is 0 Å². The van der Waals surface area contributed by atoms with Gasteiger partial charge in [0.1, 0.15) is 0 Å². The SMILES string of the molecule is CC(=O)O[C@H]1C=CCO[C@@]12CC[C@@]1(C[C@@H](C)[C@@H](CCO[Si](c3ccccc3)(c3ccccc3)C(C)(C)C)O1)O2. The van der Waals surface area contributed by atoms with Gasteiger partial charge in [-0.2, -0.15) is 0 Å². The number of hydrogen-bond donors (Lipinski definition) is 0. The first-order valence-electron chi connectivity index (χ1n) is 14.2. The fourth-order valence-corrected chi connectivity index (χ4v) is 11.3. The van der Waals surface area contributed by atoms with Gasteiger partial charge in [-0.25, -0.2) is 0 Å². The number of hydrogen-bond acceptors (Lipinski definition) is 6. The molecule has 5 rings (SSSR count). The van der Waals surface area contributed by atoms with Gasteiger partial charge < -0.3 is 23.4 Å². The molecule has 5 atom stereocenters. The van der Waals surface area contributed by atoms with E-state index < -0.39 is 26.0 Å². The van der Waals surface area contributed by atoms with Gasteiger partial charge in [0.2, 0.25) is 5.79 Å². The Morgan fingerprint density at radius 3 is 2.26 bits per heavy atom. The first-order chi connectivity index (χ1) is 18.6. The van der Waals surface area contributed by atoms with Crippen LogP contribution in [0, 0.1) is 5.92 Å². The number of ether oxygens (including phenoxy) is 4. The molecular weight excluding hydrogens is 508 g/mol. The highest BCUT2D eigenvalue weighted by molar-refractivity contribution is 6.99. The first-order valence-corrected chi connectivity index (χ1v) is 16.1. The quantitative estimate of drug-likeness (QED) is 0.272. The third-order valence-corrected chi connectivity index (χ3v) is 13.5. The molecule has 6 nitrogen and oxygen atoms in total. The van der Waals surface area contributed by atoms with Crippen LogP contribution >= 0.6 is 0 Å². The van der Waals surface area contributed by atoms with Gasteiger partial charge in [-0.05, 0) is 33.8 Å². The van der Waals surface area contributed by atoms with Crippen molar-refractivity contribution in [3.05, 3.63) is 72.8 Å². The fourth-order valence-electron chi connectivity index (χ4n) is 6.71. The van der Waals surface area contributed by atoms with Crippen LogP contribution in [0.15, 0.2) is 72.8 Å². The Balaban J connectivity index is 1.32. The molecular formula is C32H42O6Si. The Morgan fingerprint density at radius 1 is 1.03 bits per heavy atom. The summed E-state index contributed by atoms with van der Waals surface area (Å²) < 4.78 is 32.0. The number of carbonyl (C=O) groups excluding carboxylic acids is 1. The summed E-state index contributed by atoms with van der Waals surface area (Å²) in [7, 11) is -2.60. The Morgan fingerprint density at radius 2 is 1.67 bits per heavy atom. The van der Waals surface area contributed by atoms with Crippen LogP contribution in [0.1, 0.15) is 60.3 Å². The third-order valence-electron chi connectivity index (χ3n) is 8.45. The van der Waals surface area contributed by atoms with Crippen molar-refractivity contribution in [2.45, 2.75) is 89.1 Å². The highest BCUT2D eigenvalue weighted by atomic mass is 28.4. The van der Waals surface area contributed by atoms with Crippen molar-refractivity contribution in [1.82, 2.24) is 0 Å². The van der Waals surface area contributed by atoms with Crippen molar-refractivity contribution in [3.63, 3.8) is 0 Å². The minimum atomic E-state index is -2.60. The van der Waals surface area contributed by atoms with E-state index in [0.717, 1.165) is 12.8 Å². The summed E-state index contributed by atoms with van der Waals surface area (Å²) in [4.78, 5) is 11.7. The summed E-state index contributed by atoms with van der Waals surface area (Å²) in [6, 6.07) is 21.5. The van der Waals surface area contributed by atoms with Gasteiger partial charge in [0.25, 0.3) is 8.32 Å². The lowest BCUT2D eigenvalue weighted by molar-refractivity contribution is -0.335. The Bertz CT molecular complexity index is 1120. The second-order valence-electron chi connectivity index (χ2n) is 12.2. The molecule has 7 heteroatoms. The van der Waals surface area contributed by atoms with Crippen molar-refractivity contribution in [1.29, 1.82) is 0 Å². The van der Waals surface area contributed by atoms with E-state index in [1.807, 2.05) is 12.2 Å². The van der Waals surface area contributed by atoms with Gasteiger partial charge in [-0.1, -0.05) is 94.4 Å². The molecule has 2 aromatic carbocycles. The summed E-state index contributed by atoms with van der Waals surface area (Å²) in [6.45, 7) is 11.6. The maximum Gasteiger partial charge on any atom is 0.303 e. The molecule has 0 bridgehead atoms. The zero-order chi connectivity index (χ0) is 27.7. The summed E-state index contributed by atoms with van der Waals surface area (Å²) in [5.41, 5.74) is 0. The summed E-state index contributed by atoms with van der Waals surface area (Å²) in [5, 5.41) is 2.48. The van der Waals surface area contributed by atoms with Crippen molar-refractivity contribution in [2.75, 3.05) is 13.2 Å². The molecule has 3 heterocycles. The highest BCUT2D eigenvalue weighted by Gasteiger charge is 2.60. The number of rotatable bonds is 7. The van der Waals surface area contributed by atoms with Crippen molar-refractivity contribution in [2.24, 2.45) is 5.92 Å². The zero-order valence-corrected chi connectivity index (χ0v) is 24.9. The molecule has 2 saturated heterocycles. The molecule has 0 amide bonds. The van der Waals surface area contributed by atoms with E-state index in [4.69, 9.17) is 23.4 Å². The average molecular weight is 551 g/mol. The maximum absolute atomic E-state index is 11.7. The molecule has 0 aromatic heterocycles. The van der Waals surface area contributed by atoms with Gasteiger partial charge in [0, 0.05) is 32.8 Å². The normalized spacial score (nSPS) is 30.7. The fraction of sp³-hybridized carbons (Fsp3) is 0.531. The standard InChI is InChI=1S/C32H42O6Si/c1-24-23-31(19-20-32(38-31)29(36-25(2)33)17-12-21-34-32)37-28(24)18-22-35-39(30(3,4)5,26-13-8-6-9-14-26)27-15-10-7-11-16-27/h6-17,24,28-29H,18-23H2,1-5H3/t24-,28-,29+,31+,32-/m1/s1. The lowest BCUT2D eigenvalue weighted by Crippen LogP contribution is -2.66. The number of benzene rings is 2. The van der Waals surface area contributed by atoms with Crippen LogP contribution in [0.3, 0.4) is 0 Å². The molecule has 0 aliphatic carbocycles. The van der Waals surface area contributed by atoms with Crippen LogP contribution in [0.4, 0.5) is 0 Å². The molecule has 3 aliphatic heterocycles. The molecule has 0 unspecified atom stereocenters. The Kier molecular flexibility index (Phi) is 7.92. The predicted octanol–water partition coefficient (Wildman–Crippen LogP) is 5.10. The van der Waals surface area contributed by atoms with Gasteiger partial charge in [0.15, 0.2) is 11.9 Å². The molecule has 210 valence electrons. The minimum absolute atomic E-state index is 0.00433. The van der Waals surface area contributed by atoms with Gasteiger partial charge >= 0.3 is 5.97 Å². The van der Waals surface area contributed by atoms with E-state index in [-0.39, 0.29) is 17.1 Å². The highest BCUT2D eigenvalue weighted by Crippen LogP contribution is 2.51. The minimum Gasteiger partial charge on any atom is -0.453 e. The van der Waals surface area contributed by atoms with E-state index in [0.29, 0.717) is 32.0 Å². The molecule has 3 aliphatic rings. The number of carbonyl (C=O) groups is 1. The summed E-state index contributed by atoms with van der Waals surface area (Å²) >= 11 is 0. The van der Waals surface area contributed by atoms with Crippen LogP contribution in [0.2, 0.25) is 5.04 Å². The van der Waals surface area contributed by atoms with E-state index in [9.17, 15) is 4.79 Å². The number of esters is 1. The summed E-state index contributed by atoms with van der Waals surface area (Å²) in [6.07, 6.45) is 6.05. The zero-order valence-electron chi connectivity index (χ0n) is 23.9. The molecule has 0 N–H and O–H groups in total. The molecule has 2 spiro atoms. The van der Waals surface area contributed by atoms with E-state index in [1.165, 1.54) is 17.3 Å². The first kappa shape index (κ1) is 28.2. The molecule has 0 saturated carbocycles. The molecule has 2 aromatic rings. The molecule has 2 fully saturated rings. The van der Waals surface area contributed by atoms with Crippen LogP contribution in [-0.4, -0.2) is 51.3 Å². The van der Waals surface area contributed by atoms with Crippen LogP contribution < -0.4 is 10.4 Å². The topological polar surface area (TPSA) is 63.2 Å². The van der Waals surface area contributed by atoms with E-state index >= 15 is 0 Å². The van der Waals surface area contributed by atoms with E-state index in [1.54, 1.807) is 0 Å². The summed E-state index contributed by atoms with van der Waals surface area (Å²) in [5.74, 6) is -1.77.